The fourth-order valence-corrected chi connectivity index (χ4v) is 18.0. The van der Waals surface area contributed by atoms with Crippen LogP contribution < -0.4 is 43.1 Å². The van der Waals surface area contributed by atoms with Gasteiger partial charge in [-0.25, -0.2) is 49.7 Å². The highest BCUT2D eigenvalue weighted by molar-refractivity contribution is 6.32. The molecule has 16 heterocycles. The number of aliphatic hydroxyl groups excluding tert-OH is 1. The molecule has 19 rings (SSSR count). The standard InChI is InChI=1S/2C21H25ClFN5O3.C16H21ClFN3O4.C15H14Cl2FN5O2.C6H12O.C5H3Cl2N.4CH4/c2*22-15-6-24-21(25-7-15)28-8-13-10-29-11-14(9-28)18(13)31-20-17(23)19(26-12-27-20)30-16-4-2-1-3-5-16;1-16(2,3)25-15(22)21-4-9-6-23-7-10(5-21)12(9)24-14-11(18)13(17)19-8-20-14;16-10-1-19-15(20-2-10)23-3-8-5-24-6-9(4-23)12(8)25-14-11(18)13(17)21-7-22-14;7-6-4-2-1-3-5-6;6-4-1-2-5(7)8-3-4;;;;/h2*6-7,12-14,16,18H,1-5,8-11H2;8-10,12H,4-7H2,1-3H3;1-2,7-9,12H,3-6H2;6-7H,1-5H2;1-3H;4*1H4. The minimum Gasteiger partial charge on any atom is -0.472 e. The monoisotopic (exact) mass is 1970 g/mol. The Kier molecular flexibility index (Phi) is 40.3. The van der Waals surface area contributed by atoms with E-state index in [0.29, 0.717) is 148 Å². The molecule has 11 fully saturated rings. The van der Waals surface area contributed by atoms with Crippen molar-refractivity contribution in [3.8, 4) is 35.3 Å². The number of aliphatic hydroxyl groups is 1. The van der Waals surface area contributed by atoms with Gasteiger partial charge in [0.2, 0.25) is 41.1 Å². The predicted octanol–water partition coefficient (Wildman–Crippen LogP) is 17.6. The number of hydrogen-bond acceptors (Lipinski definition) is 31. The van der Waals surface area contributed by atoms with Crippen LogP contribution in [-0.2, 0) is 23.7 Å². The van der Waals surface area contributed by atoms with Crippen LogP contribution in [0.1, 0.15) is 147 Å². The van der Waals surface area contributed by atoms with E-state index >= 15 is 8.78 Å². The molecular formula is C88H116Cl7F4N19O13. The Morgan fingerprint density at radius 1 is 0.351 bits per heavy atom. The summed E-state index contributed by atoms with van der Waals surface area (Å²) in [6.07, 6.45) is 31.0. The second kappa shape index (κ2) is 50.3. The molecule has 8 aromatic heterocycles. The molecule has 131 heavy (non-hydrogen) atoms. The molecule has 43 heteroatoms. The first-order chi connectivity index (χ1) is 61.4. The van der Waals surface area contributed by atoms with Gasteiger partial charge in [-0.3, -0.25) is 0 Å². The van der Waals surface area contributed by atoms with E-state index in [-0.39, 0.29) is 171 Å². The molecule has 3 saturated carbocycles. The number of fused-ring (bicyclic) bond motifs is 8. The minimum absolute atomic E-state index is 0. The van der Waals surface area contributed by atoms with Crippen LogP contribution in [0.4, 0.5) is 40.2 Å². The lowest BCUT2D eigenvalue weighted by atomic mass is 9.84. The predicted molar refractivity (Wildman–Crippen MR) is 488 cm³/mol. The van der Waals surface area contributed by atoms with E-state index in [1.54, 1.807) is 54.2 Å². The smallest absolute Gasteiger partial charge is 0.410 e. The van der Waals surface area contributed by atoms with Gasteiger partial charge < -0.3 is 76.8 Å². The van der Waals surface area contributed by atoms with Crippen LogP contribution in [0.2, 0.25) is 35.5 Å². The van der Waals surface area contributed by atoms with Crippen molar-refractivity contribution in [2.75, 3.05) is 120 Å². The van der Waals surface area contributed by atoms with Crippen molar-refractivity contribution in [1.29, 1.82) is 0 Å². The van der Waals surface area contributed by atoms with Crippen molar-refractivity contribution in [3.05, 3.63) is 140 Å². The van der Waals surface area contributed by atoms with Gasteiger partial charge in [0.25, 0.3) is 35.3 Å². The molecule has 8 aromatic rings. The lowest BCUT2D eigenvalue weighted by Gasteiger charge is -2.46. The van der Waals surface area contributed by atoms with Crippen molar-refractivity contribution < 1.29 is 79.6 Å². The number of piperidine rings is 4. The summed E-state index contributed by atoms with van der Waals surface area (Å²) in [7, 11) is 0. The maximum absolute atomic E-state index is 15.1. The van der Waals surface area contributed by atoms with Crippen LogP contribution in [0, 0.1) is 70.6 Å². The number of anilines is 3. The summed E-state index contributed by atoms with van der Waals surface area (Å²) in [6.45, 7) is 14.0. The topological polar surface area (TPSA) is 345 Å². The molecule has 8 atom stereocenters. The van der Waals surface area contributed by atoms with Gasteiger partial charge >= 0.3 is 6.09 Å². The molecule has 8 aliphatic heterocycles. The van der Waals surface area contributed by atoms with Crippen molar-refractivity contribution in [2.24, 2.45) is 47.3 Å². The molecule has 11 aliphatic rings. The van der Waals surface area contributed by atoms with Crippen LogP contribution in [0.25, 0.3) is 0 Å². The Bertz CT molecular complexity index is 4620. The summed E-state index contributed by atoms with van der Waals surface area (Å²) in [4.78, 5) is 80.8. The minimum atomic E-state index is -0.780. The summed E-state index contributed by atoms with van der Waals surface area (Å²) < 4.78 is 122. The zero-order chi connectivity index (χ0) is 89.1. The van der Waals surface area contributed by atoms with E-state index < -0.39 is 28.9 Å². The summed E-state index contributed by atoms with van der Waals surface area (Å²) >= 11 is 40.0. The number of aromatic nitrogens is 15. The maximum atomic E-state index is 15.1. The molecule has 3 aliphatic carbocycles. The molecule has 1 N–H and O–H groups in total. The van der Waals surface area contributed by atoms with Gasteiger partial charge in [-0.1, -0.05) is 143 Å². The average molecular weight is 1970 g/mol. The zero-order valence-corrected chi connectivity index (χ0v) is 75.4. The summed E-state index contributed by atoms with van der Waals surface area (Å²) in [6, 6.07) is 3.33. The van der Waals surface area contributed by atoms with E-state index in [9.17, 15) is 13.6 Å². The number of rotatable bonds is 15. The third-order valence-corrected chi connectivity index (χ3v) is 24.7. The molecular weight excluding hydrogens is 1860 g/mol. The third-order valence-electron chi connectivity index (χ3n) is 23.1. The number of hydrogen-bond donors (Lipinski definition) is 1. The normalized spacial score (nSPS) is 24.4. The van der Waals surface area contributed by atoms with Crippen molar-refractivity contribution >= 4 is 105 Å². The zero-order valence-electron chi connectivity index (χ0n) is 70.1. The fraction of sp³-hybridized carbons (Fsp3) is 0.614. The van der Waals surface area contributed by atoms with Crippen LogP contribution in [0.3, 0.4) is 0 Å². The van der Waals surface area contributed by atoms with E-state index in [4.69, 9.17) is 138 Å². The molecule has 718 valence electrons. The van der Waals surface area contributed by atoms with Gasteiger partial charge in [-0.2, -0.15) is 47.5 Å². The Balaban J connectivity index is 0.000000171. The summed E-state index contributed by atoms with van der Waals surface area (Å²) in [5.41, 5.74) is -0.559. The summed E-state index contributed by atoms with van der Waals surface area (Å²) in [5, 5.41) is 10.9. The molecule has 1 amide bonds. The quantitative estimate of drug-likeness (QED) is 0.0566. The van der Waals surface area contributed by atoms with Crippen molar-refractivity contribution in [3.63, 3.8) is 0 Å². The molecule has 0 aromatic carbocycles. The fourth-order valence-electron chi connectivity index (χ4n) is 17.2. The van der Waals surface area contributed by atoms with E-state index in [2.05, 4.69) is 89.5 Å². The Morgan fingerprint density at radius 3 is 0.885 bits per heavy atom. The number of carbonyl (C=O) groups excluding carboxylic acids is 1. The highest BCUT2D eigenvalue weighted by atomic mass is 35.5. The maximum Gasteiger partial charge on any atom is 0.410 e. The highest BCUT2D eigenvalue weighted by Crippen LogP contribution is 2.41. The van der Waals surface area contributed by atoms with Gasteiger partial charge in [-0.05, 0) is 97.1 Å². The molecule has 0 spiro atoms. The number of ether oxygens (including phenoxy) is 11. The lowest BCUT2D eigenvalue weighted by Crippen LogP contribution is -2.59. The van der Waals surface area contributed by atoms with Gasteiger partial charge in [0, 0.05) is 106 Å². The first-order valence-corrected chi connectivity index (χ1v) is 45.3. The van der Waals surface area contributed by atoms with Gasteiger partial charge in [0.1, 0.15) is 72.7 Å². The van der Waals surface area contributed by atoms with Crippen molar-refractivity contribution in [1.82, 2.24) is 79.7 Å². The number of nitrogens with zero attached hydrogens (tertiary/aromatic N) is 19. The number of pyridine rings is 1. The third kappa shape index (κ3) is 29.1. The number of amides is 1. The molecule has 32 nitrogen and oxygen atoms in total. The number of carbonyl (C=O) groups is 1. The molecule has 8 saturated heterocycles. The van der Waals surface area contributed by atoms with Crippen LogP contribution >= 0.6 is 81.2 Å². The average Bonchev–Trinajstić information content (AvgIpc) is 0.794. The van der Waals surface area contributed by atoms with E-state index in [1.165, 1.54) is 57.3 Å². The second-order valence-corrected chi connectivity index (χ2v) is 36.6. The number of halogens is 11. The van der Waals surface area contributed by atoms with Crippen LogP contribution in [0.5, 0.6) is 35.3 Å². The molecule has 8 unspecified atom stereocenters. The molecule has 0 radical (unpaired) electrons. The number of likely N-dealkylation sites (tertiary alicyclic amines) is 1. The van der Waals surface area contributed by atoms with Gasteiger partial charge in [0.05, 0.1) is 116 Å². The van der Waals surface area contributed by atoms with E-state index in [0.717, 1.165) is 70.5 Å². The summed E-state index contributed by atoms with van der Waals surface area (Å²) in [5.74, 6) is -1.42. The first kappa shape index (κ1) is 105. The largest absolute Gasteiger partial charge is 0.472 e. The van der Waals surface area contributed by atoms with Gasteiger partial charge in [0.15, 0.2) is 10.3 Å². The Hall–Kier alpha value is -8.27. The SMILES string of the molecule is C.C.C.C.CC(C)(C)OC(=O)N1CC2COCC(C1)C2Oc1ncnc(Cl)c1F.Clc1ccc(Cl)nc1.Fc1c(Cl)ncnc1OC1C2COCC1CN(c1ncc(Cl)cn1)C2.Fc1c(OC2CCCCC2)ncnc1OC1C2COCC1CN(c1ncc(Cl)cn1)C2.Fc1c(OC2CCCCC2)ncnc1OC1C2COCC1CN(c1ncc(Cl)cn1)C2.OC1CCCCC1. The first-order valence-electron chi connectivity index (χ1n) is 42.6. The Labute approximate surface area is 796 Å². The lowest BCUT2D eigenvalue weighted by molar-refractivity contribution is -0.114. The Morgan fingerprint density at radius 2 is 0.618 bits per heavy atom. The van der Waals surface area contributed by atoms with E-state index in [1.807, 2.05) is 20.8 Å². The van der Waals surface area contributed by atoms with Crippen molar-refractivity contribution in [2.45, 2.75) is 195 Å². The second-order valence-electron chi connectivity index (χ2n) is 33.8. The highest BCUT2D eigenvalue weighted by Gasteiger charge is 2.49. The van der Waals surface area contributed by atoms with Crippen LogP contribution in [0.15, 0.2) is 80.8 Å². The molecule has 8 bridgehead atoms. The van der Waals surface area contributed by atoms with Crippen LogP contribution in [-0.4, -0.2) is 244 Å². The van der Waals surface area contributed by atoms with Gasteiger partial charge in [-0.15, -0.1) is 0 Å².